The highest BCUT2D eigenvalue weighted by Gasteiger charge is 2.18. The van der Waals surface area contributed by atoms with Gasteiger partial charge in [0.1, 0.15) is 0 Å². The Hall–Kier alpha value is -0.570. The second-order valence-electron chi connectivity index (χ2n) is 2.94. The van der Waals surface area contributed by atoms with Gasteiger partial charge in [0.25, 0.3) is 0 Å². The number of aliphatic hydroxyl groups excluding tert-OH is 1. The third-order valence-corrected chi connectivity index (χ3v) is 1.76. The summed E-state index contributed by atoms with van der Waals surface area (Å²) < 4.78 is 0. The summed E-state index contributed by atoms with van der Waals surface area (Å²) in [4.78, 5) is 0. The molecule has 3 heteroatoms. The van der Waals surface area contributed by atoms with Gasteiger partial charge in [0, 0.05) is 0 Å². The van der Waals surface area contributed by atoms with E-state index in [2.05, 4.69) is 0 Å². The van der Waals surface area contributed by atoms with Crippen molar-refractivity contribution in [2.75, 3.05) is 6.61 Å². The Labute approximate surface area is 78.8 Å². The Balaban J connectivity index is 0.00000121. The van der Waals surface area contributed by atoms with Gasteiger partial charge in [-0.3, -0.25) is 0 Å². The first-order valence-corrected chi connectivity index (χ1v) is 3.62. The van der Waals surface area contributed by atoms with E-state index < -0.39 is 5.54 Å². The maximum atomic E-state index is 8.92. The Morgan fingerprint density at radius 2 is 1.83 bits per heavy atom. The van der Waals surface area contributed by atoms with Gasteiger partial charge in [-0.1, -0.05) is 30.3 Å². The quantitative estimate of drug-likeness (QED) is 0.733. The van der Waals surface area contributed by atoms with Crippen LogP contribution < -0.4 is 5.73 Å². The predicted molar refractivity (Wildman–Crippen MR) is 52.3 cm³/mol. The van der Waals surface area contributed by atoms with Crippen LogP contribution in [0.5, 0.6) is 0 Å². The lowest BCUT2D eigenvalue weighted by atomic mass is 9.95. The lowest BCUT2D eigenvalue weighted by Crippen LogP contribution is -2.36. The fraction of sp³-hybridized carbons (Fsp3) is 0.333. The number of benzene rings is 1. The molecule has 3 N–H and O–H groups in total. The van der Waals surface area contributed by atoms with Crippen molar-refractivity contribution in [3.05, 3.63) is 35.9 Å². The maximum absolute atomic E-state index is 8.92. The second-order valence-corrected chi connectivity index (χ2v) is 2.94. The van der Waals surface area contributed by atoms with Crippen molar-refractivity contribution in [2.45, 2.75) is 12.5 Å². The molecule has 0 fully saturated rings. The van der Waals surface area contributed by atoms with E-state index >= 15 is 0 Å². The normalized spacial score (nSPS) is 14.6. The molecule has 0 bridgehead atoms. The van der Waals surface area contributed by atoms with Crippen LogP contribution in [0.1, 0.15) is 12.5 Å². The van der Waals surface area contributed by atoms with Crippen molar-refractivity contribution in [1.82, 2.24) is 0 Å². The van der Waals surface area contributed by atoms with E-state index in [4.69, 9.17) is 10.8 Å². The van der Waals surface area contributed by atoms with Gasteiger partial charge in [-0.05, 0) is 12.5 Å². The zero-order valence-corrected chi connectivity index (χ0v) is 7.84. The van der Waals surface area contributed by atoms with Gasteiger partial charge in [0.15, 0.2) is 0 Å². The lowest BCUT2D eigenvalue weighted by Gasteiger charge is -2.21. The van der Waals surface area contributed by atoms with E-state index in [1.165, 1.54) is 0 Å². The number of halogens is 1. The summed E-state index contributed by atoms with van der Waals surface area (Å²) in [7, 11) is 0. The molecule has 68 valence electrons. The monoisotopic (exact) mass is 187 g/mol. The zero-order chi connectivity index (χ0) is 8.32. The molecule has 1 aromatic rings. The van der Waals surface area contributed by atoms with Crippen LogP contribution in [0.4, 0.5) is 0 Å². The fourth-order valence-corrected chi connectivity index (χ4v) is 0.910. The molecular weight excluding hydrogens is 174 g/mol. The number of hydrogen-bond acceptors (Lipinski definition) is 2. The number of aliphatic hydroxyl groups is 1. The Morgan fingerprint density at radius 3 is 2.25 bits per heavy atom. The van der Waals surface area contributed by atoms with Crippen molar-refractivity contribution < 1.29 is 5.11 Å². The topological polar surface area (TPSA) is 46.2 Å². The Kier molecular flexibility index (Phi) is 4.24. The molecule has 0 aliphatic carbocycles. The summed E-state index contributed by atoms with van der Waals surface area (Å²) in [6.45, 7) is 1.78. The molecular formula is C9H14ClNO. The molecule has 0 aliphatic rings. The van der Waals surface area contributed by atoms with E-state index in [-0.39, 0.29) is 19.0 Å². The molecule has 0 radical (unpaired) electrons. The van der Waals surface area contributed by atoms with E-state index in [1.807, 2.05) is 37.3 Å². The molecule has 0 aliphatic heterocycles. The van der Waals surface area contributed by atoms with Gasteiger partial charge in [0.2, 0.25) is 0 Å². The van der Waals surface area contributed by atoms with Gasteiger partial charge in [-0.15, -0.1) is 12.4 Å². The summed E-state index contributed by atoms with van der Waals surface area (Å²) in [6, 6.07) is 9.58. The number of hydrogen-bond donors (Lipinski definition) is 2. The van der Waals surface area contributed by atoms with Crippen molar-refractivity contribution in [3.63, 3.8) is 0 Å². The third-order valence-electron chi connectivity index (χ3n) is 1.76. The molecule has 1 aromatic carbocycles. The standard InChI is InChI=1S/C9H13NO.ClH/c1-9(10,7-11)8-5-3-2-4-6-8;/h2-6,11H,7,10H2,1H3;1H. The maximum Gasteiger partial charge on any atom is 0.0650 e. The summed E-state index contributed by atoms with van der Waals surface area (Å²) in [5.41, 5.74) is 6.14. The minimum Gasteiger partial charge on any atom is -0.394 e. The van der Waals surface area contributed by atoms with E-state index in [9.17, 15) is 0 Å². The largest absolute Gasteiger partial charge is 0.394 e. The number of rotatable bonds is 2. The first-order valence-electron chi connectivity index (χ1n) is 3.62. The van der Waals surface area contributed by atoms with Crippen molar-refractivity contribution in [2.24, 2.45) is 5.73 Å². The van der Waals surface area contributed by atoms with Gasteiger partial charge >= 0.3 is 0 Å². The van der Waals surface area contributed by atoms with Crippen molar-refractivity contribution in [1.29, 1.82) is 0 Å². The lowest BCUT2D eigenvalue weighted by molar-refractivity contribution is 0.210. The van der Waals surface area contributed by atoms with Gasteiger partial charge in [-0.2, -0.15) is 0 Å². The van der Waals surface area contributed by atoms with Crippen molar-refractivity contribution >= 4 is 12.4 Å². The molecule has 1 atom stereocenters. The van der Waals surface area contributed by atoms with Crippen molar-refractivity contribution in [3.8, 4) is 0 Å². The van der Waals surface area contributed by atoms with E-state index in [0.717, 1.165) is 5.56 Å². The van der Waals surface area contributed by atoms with Crippen LogP contribution in [0.3, 0.4) is 0 Å². The van der Waals surface area contributed by atoms with Gasteiger partial charge in [-0.25, -0.2) is 0 Å². The minimum absolute atomic E-state index is 0. The van der Waals surface area contributed by atoms with Crippen LogP contribution in [0.15, 0.2) is 30.3 Å². The highest BCUT2D eigenvalue weighted by atomic mass is 35.5. The summed E-state index contributed by atoms with van der Waals surface area (Å²) in [6.07, 6.45) is 0. The summed E-state index contributed by atoms with van der Waals surface area (Å²) >= 11 is 0. The van der Waals surface area contributed by atoms with Crippen LogP contribution in [-0.2, 0) is 5.54 Å². The highest BCUT2D eigenvalue weighted by molar-refractivity contribution is 5.85. The molecule has 1 rings (SSSR count). The SMILES string of the molecule is CC(N)(CO)c1ccccc1.Cl. The number of nitrogens with two attached hydrogens (primary N) is 1. The average molecular weight is 188 g/mol. The molecule has 0 amide bonds. The average Bonchev–Trinajstić information content (AvgIpc) is 2.06. The van der Waals surface area contributed by atoms with Gasteiger partial charge < -0.3 is 10.8 Å². The first kappa shape index (κ1) is 11.4. The summed E-state index contributed by atoms with van der Waals surface area (Å²) in [5.74, 6) is 0. The second kappa shape index (κ2) is 4.45. The van der Waals surface area contributed by atoms with Crippen LogP contribution in [0, 0.1) is 0 Å². The molecule has 0 heterocycles. The van der Waals surface area contributed by atoms with E-state index in [1.54, 1.807) is 0 Å². The first-order chi connectivity index (χ1) is 5.17. The third kappa shape index (κ3) is 2.48. The smallest absolute Gasteiger partial charge is 0.0650 e. The Bertz CT molecular complexity index is 223. The molecule has 0 aromatic heterocycles. The highest BCUT2D eigenvalue weighted by Crippen LogP contribution is 2.15. The fourth-order valence-electron chi connectivity index (χ4n) is 0.910. The molecule has 1 unspecified atom stereocenters. The molecule has 0 saturated carbocycles. The summed E-state index contributed by atoms with van der Waals surface area (Å²) in [5, 5.41) is 8.92. The molecule has 0 spiro atoms. The van der Waals surface area contributed by atoms with Crippen LogP contribution in [0.2, 0.25) is 0 Å². The van der Waals surface area contributed by atoms with E-state index in [0.29, 0.717) is 0 Å². The van der Waals surface area contributed by atoms with Crippen LogP contribution in [-0.4, -0.2) is 11.7 Å². The molecule has 0 saturated heterocycles. The minimum atomic E-state index is -0.610. The molecule has 12 heavy (non-hydrogen) atoms. The van der Waals surface area contributed by atoms with Crippen LogP contribution >= 0.6 is 12.4 Å². The molecule has 2 nitrogen and oxygen atoms in total. The predicted octanol–water partition coefficient (Wildman–Crippen LogP) is 1.27. The zero-order valence-electron chi connectivity index (χ0n) is 7.03. The van der Waals surface area contributed by atoms with Crippen LogP contribution in [0.25, 0.3) is 0 Å². The Morgan fingerprint density at radius 1 is 1.33 bits per heavy atom. The van der Waals surface area contributed by atoms with Gasteiger partial charge in [0.05, 0.1) is 12.1 Å².